The molecule has 0 aromatic rings. The Balaban J connectivity index is 4.17. The second-order valence-electron chi connectivity index (χ2n) is 1.71. The molecule has 0 aliphatic carbocycles. The van der Waals surface area contributed by atoms with Crippen molar-refractivity contribution in [1.82, 2.24) is 0 Å². The summed E-state index contributed by atoms with van der Waals surface area (Å²) in [6, 6.07) is 0. The second kappa shape index (κ2) is 5.18. The molecule has 0 bridgehead atoms. The van der Waals surface area contributed by atoms with Crippen molar-refractivity contribution in [2.45, 2.75) is 12.2 Å². The second-order valence-corrected chi connectivity index (χ2v) is 2.66. The molecule has 2 atom stereocenters. The van der Waals surface area contributed by atoms with Crippen LogP contribution in [-0.2, 0) is 15.6 Å². The van der Waals surface area contributed by atoms with Crippen molar-refractivity contribution >= 4 is 34.0 Å². The van der Waals surface area contributed by atoms with Crippen molar-refractivity contribution < 1.29 is 30.9 Å². The van der Waals surface area contributed by atoms with Crippen LogP contribution in [0.2, 0.25) is 0 Å². The summed E-state index contributed by atoms with van der Waals surface area (Å²) in [5.41, 5.74) is 0. The molecule has 0 aliphatic heterocycles. The molecule has 68 valence electrons. The van der Waals surface area contributed by atoms with Gasteiger partial charge in [0, 0.05) is 0 Å². The van der Waals surface area contributed by atoms with Gasteiger partial charge < -0.3 is 0 Å². The molecule has 8 heteroatoms. The van der Waals surface area contributed by atoms with E-state index in [4.69, 9.17) is 15.3 Å². The molecule has 0 saturated heterocycles. The van der Waals surface area contributed by atoms with Crippen molar-refractivity contribution in [3.8, 4) is 0 Å². The molecule has 0 rings (SSSR count). The van der Waals surface area contributed by atoms with Crippen LogP contribution >= 0.6 is 0 Å². The number of carbonyl (C=O) groups excluding carboxylic acids is 1. The van der Waals surface area contributed by atoms with Crippen molar-refractivity contribution in [1.29, 1.82) is 0 Å². The molecule has 7 nitrogen and oxygen atoms in total. The molecule has 0 aromatic heterocycles. The van der Waals surface area contributed by atoms with Crippen molar-refractivity contribution in [2.24, 2.45) is 0 Å². The van der Waals surface area contributed by atoms with Gasteiger partial charge in [-0.05, 0) is 0 Å². The van der Waals surface area contributed by atoms with Gasteiger partial charge in [-0.1, -0.05) is 0 Å². The summed E-state index contributed by atoms with van der Waals surface area (Å²) in [4.78, 5) is 20.4. The molecule has 0 unspecified atom stereocenters. The van der Waals surface area contributed by atoms with E-state index in [2.05, 4.69) is 3.02 Å². The SMILES string of the molecule is [O]=[Sb][O]C(=O)[C@H](O)[C@@H](O)C(=O)O. The fourth-order valence-electron chi connectivity index (χ4n) is 0.355. The molecular formula is C4H5O7Sb. The van der Waals surface area contributed by atoms with Gasteiger partial charge in [0.15, 0.2) is 0 Å². The van der Waals surface area contributed by atoms with Crippen molar-refractivity contribution in [3.05, 3.63) is 0 Å². The molecule has 0 aliphatic rings. The number of carboxylic acid groups (broad SMARTS) is 1. The fraction of sp³-hybridized carbons (Fsp3) is 0.500. The van der Waals surface area contributed by atoms with Crippen LogP contribution in [0.1, 0.15) is 0 Å². The van der Waals surface area contributed by atoms with Crippen LogP contribution < -0.4 is 0 Å². The van der Waals surface area contributed by atoms with Gasteiger partial charge in [-0.25, -0.2) is 0 Å². The van der Waals surface area contributed by atoms with E-state index < -0.39 is 46.2 Å². The number of aliphatic hydroxyl groups excluding tert-OH is 2. The van der Waals surface area contributed by atoms with Crippen LogP contribution in [0, 0.1) is 0 Å². The van der Waals surface area contributed by atoms with E-state index in [1.165, 1.54) is 0 Å². The number of aliphatic carboxylic acids is 1. The third-order valence-electron chi connectivity index (χ3n) is 0.921. The number of rotatable bonds is 4. The fourth-order valence-corrected chi connectivity index (χ4v) is 0.873. The van der Waals surface area contributed by atoms with E-state index in [1.807, 2.05) is 0 Å². The molecule has 0 spiro atoms. The minimum atomic E-state index is -2.38. The van der Waals surface area contributed by atoms with E-state index in [1.54, 1.807) is 0 Å². The van der Waals surface area contributed by atoms with E-state index in [-0.39, 0.29) is 0 Å². The van der Waals surface area contributed by atoms with Gasteiger partial charge in [-0.2, -0.15) is 0 Å². The number of carboxylic acids is 1. The minimum absolute atomic E-state index is 1.39. The van der Waals surface area contributed by atoms with Gasteiger partial charge >= 0.3 is 77.1 Å². The standard InChI is InChI=1S/C4H6O6.O.Sb/c5-1(3(7)8)2(6)4(9)10;;/h1-2,5-6H,(H,7,8)(H,9,10);;/q;;+1/p-1/t1-,2-;;/m1../s1. The van der Waals surface area contributed by atoms with Gasteiger partial charge in [0.2, 0.25) is 0 Å². The Bertz CT molecular complexity index is 202. The van der Waals surface area contributed by atoms with Gasteiger partial charge in [-0.15, -0.1) is 0 Å². The van der Waals surface area contributed by atoms with Crippen LogP contribution in [0.5, 0.6) is 0 Å². The summed E-state index contributed by atoms with van der Waals surface area (Å²) in [5.74, 6) is -3.15. The van der Waals surface area contributed by atoms with E-state index in [0.717, 1.165) is 0 Å². The average molecular weight is 287 g/mol. The Labute approximate surface area is 77.4 Å². The summed E-state index contributed by atoms with van der Waals surface area (Å²) in [6.45, 7) is 0. The van der Waals surface area contributed by atoms with Crippen LogP contribution in [0.15, 0.2) is 0 Å². The summed E-state index contributed by atoms with van der Waals surface area (Å²) in [5, 5.41) is 25.3. The zero-order valence-corrected chi connectivity index (χ0v) is 8.13. The summed E-state index contributed by atoms with van der Waals surface area (Å²) >= 11 is -2.38. The molecule has 0 aromatic carbocycles. The average Bonchev–Trinajstić information content (AvgIpc) is 2.02. The van der Waals surface area contributed by atoms with E-state index in [9.17, 15) is 12.6 Å². The summed E-state index contributed by atoms with van der Waals surface area (Å²) in [7, 11) is 0. The van der Waals surface area contributed by atoms with Crippen molar-refractivity contribution in [3.63, 3.8) is 0 Å². The first kappa shape index (κ1) is 11.5. The van der Waals surface area contributed by atoms with E-state index in [0.29, 0.717) is 0 Å². The normalized spacial score (nSPS) is 14.5. The first-order valence-corrected chi connectivity index (χ1v) is 4.71. The van der Waals surface area contributed by atoms with Crippen LogP contribution in [-0.4, -0.2) is 61.5 Å². The first-order chi connectivity index (χ1) is 5.50. The molecule has 0 heterocycles. The molecule has 0 saturated carbocycles. The Morgan fingerprint density at radius 2 is 1.75 bits per heavy atom. The molecular weight excluding hydrogens is 282 g/mol. The monoisotopic (exact) mass is 286 g/mol. The number of aliphatic hydroxyl groups is 2. The Morgan fingerprint density at radius 3 is 2.08 bits per heavy atom. The van der Waals surface area contributed by atoms with Gasteiger partial charge in [0.05, 0.1) is 0 Å². The van der Waals surface area contributed by atoms with E-state index >= 15 is 0 Å². The summed E-state index contributed by atoms with van der Waals surface area (Å²) < 4.78 is 13.7. The van der Waals surface area contributed by atoms with Gasteiger partial charge in [-0.3, -0.25) is 0 Å². The van der Waals surface area contributed by atoms with Crippen LogP contribution in [0.3, 0.4) is 0 Å². The number of carbonyl (C=O) groups is 2. The molecule has 0 fully saturated rings. The maximum absolute atomic E-state index is 10.4. The molecule has 0 radical (unpaired) electrons. The molecule has 12 heavy (non-hydrogen) atoms. The number of hydrogen-bond acceptors (Lipinski definition) is 6. The molecule has 0 amide bonds. The topological polar surface area (TPSA) is 121 Å². The first-order valence-electron chi connectivity index (χ1n) is 2.63. The zero-order valence-electron chi connectivity index (χ0n) is 5.58. The Kier molecular flexibility index (Phi) is 4.96. The van der Waals surface area contributed by atoms with Gasteiger partial charge in [0.1, 0.15) is 0 Å². The third kappa shape index (κ3) is 3.25. The maximum atomic E-state index is 10.4. The van der Waals surface area contributed by atoms with Crippen LogP contribution in [0.25, 0.3) is 0 Å². The Morgan fingerprint density at radius 1 is 1.25 bits per heavy atom. The molecule has 3 N–H and O–H groups in total. The third-order valence-corrected chi connectivity index (χ3v) is 1.65. The van der Waals surface area contributed by atoms with Crippen molar-refractivity contribution in [2.75, 3.05) is 0 Å². The summed E-state index contributed by atoms with van der Waals surface area (Å²) in [6.07, 6.45) is -4.44. The Hall–Kier alpha value is -0.522. The van der Waals surface area contributed by atoms with Crippen LogP contribution in [0.4, 0.5) is 0 Å². The zero-order chi connectivity index (χ0) is 9.72. The van der Waals surface area contributed by atoms with Gasteiger partial charge in [0.25, 0.3) is 0 Å². The predicted molar refractivity (Wildman–Crippen MR) is 32.2 cm³/mol. The quantitative estimate of drug-likeness (QED) is 0.481. The number of hydrogen-bond donors (Lipinski definition) is 3. The predicted octanol–water partition coefficient (Wildman–Crippen LogP) is -2.70.